The van der Waals surface area contributed by atoms with Gasteiger partial charge < -0.3 is 23.5 Å². The van der Waals surface area contributed by atoms with Crippen LogP contribution in [0.4, 0.5) is 0 Å². The summed E-state index contributed by atoms with van der Waals surface area (Å²) in [6.45, 7) is 4.47. The van der Waals surface area contributed by atoms with E-state index in [9.17, 15) is 9.59 Å². The minimum absolute atomic E-state index is 0.0568. The molecule has 0 N–H and O–H groups in total. The zero-order valence-corrected chi connectivity index (χ0v) is 18.0. The van der Waals surface area contributed by atoms with Gasteiger partial charge in [0.25, 0.3) is 5.91 Å². The summed E-state index contributed by atoms with van der Waals surface area (Å²) in [6.07, 6.45) is -0.866. The van der Waals surface area contributed by atoms with E-state index in [-0.39, 0.29) is 19.8 Å². The quantitative estimate of drug-likeness (QED) is 0.546. The van der Waals surface area contributed by atoms with Crippen molar-refractivity contribution in [2.75, 3.05) is 19.8 Å². The first-order valence-electron chi connectivity index (χ1n) is 9.98. The number of benzene rings is 2. The molecular formula is C22H22N2O6S. The summed E-state index contributed by atoms with van der Waals surface area (Å²) in [6, 6.07) is 12.7. The predicted molar refractivity (Wildman–Crippen MR) is 115 cm³/mol. The van der Waals surface area contributed by atoms with Gasteiger partial charge in [0, 0.05) is 0 Å². The lowest BCUT2D eigenvalue weighted by atomic mass is 10.2. The topological polar surface area (TPSA) is 88.4 Å². The van der Waals surface area contributed by atoms with Crippen molar-refractivity contribution in [2.24, 2.45) is 4.99 Å². The fourth-order valence-electron chi connectivity index (χ4n) is 3.19. The molecule has 8 nitrogen and oxygen atoms in total. The smallest absolute Gasteiger partial charge is 0.326 e. The van der Waals surface area contributed by atoms with E-state index in [0.717, 1.165) is 10.2 Å². The summed E-state index contributed by atoms with van der Waals surface area (Å²) in [4.78, 5) is 29.7. The molecule has 3 aromatic rings. The van der Waals surface area contributed by atoms with E-state index in [1.165, 1.54) is 11.3 Å². The second-order valence-corrected chi connectivity index (χ2v) is 7.66. The minimum atomic E-state index is -0.866. The van der Waals surface area contributed by atoms with Crippen LogP contribution in [0.1, 0.15) is 13.8 Å². The molecule has 0 aliphatic carbocycles. The highest BCUT2D eigenvalue weighted by Crippen LogP contribution is 2.31. The Hall–Kier alpha value is -3.33. The van der Waals surface area contributed by atoms with E-state index >= 15 is 0 Å². The number of hydrogen-bond donors (Lipinski definition) is 0. The van der Waals surface area contributed by atoms with Crippen LogP contribution in [0.5, 0.6) is 17.2 Å². The van der Waals surface area contributed by atoms with Crippen LogP contribution in [0.15, 0.2) is 47.5 Å². The molecule has 31 heavy (non-hydrogen) atoms. The van der Waals surface area contributed by atoms with Gasteiger partial charge >= 0.3 is 5.97 Å². The maximum Gasteiger partial charge on any atom is 0.326 e. The molecule has 1 amide bonds. The van der Waals surface area contributed by atoms with E-state index in [1.807, 2.05) is 31.2 Å². The summed E-state index contributed by atoms with van der Waals surface area (Å²) in [5.41, 5.74) is 0.763. The lowest BCUT2D eigenvalue weighted by molar-refractivity contribution is -0.143. The Balaban J connectivity index is 1.69. The van der Waals surface area contributed by atoms with Crippen LogP contribution >= 0.6 is 11.3 Å². The van der Waals surface area contributed by atoms with Crippen LogP contribution in [-0.4, -0.2) is 42.4 Å². The third kappa shape index (κ3) is 4.56. The molecule has 0 bridgehead atoms. The maximum absolute atomic E-state index is 12.9. The first-order valence-corrected chi connectivity index (χ1v) is 10.8. The van der Waals surface area contributed by atoms with Crippen LogP contribution in [0.25, 0.3) is 10.2 Å². The molecule has 1 aliphatic heterocycles. The van der Waals surface area contributed by atoms with Gasteiger partial charge in [-0.15, -0.1) is 0 Å². The Kier molecular flexibility index (Phi) is 6.22. The molecule has 0 saturated heterocycles. The van der Waals surface area contributed by atoms with Crippen LogP contribution in [0.3, 0.4) is 0 Å². The van der Waals surface area contributed by atoms with Gasteiger partial charge in [-0.2, -0.15) is 4.99 Å². The molecule has 0 radical (unpaired) electrons. The molecule has 162 valence electrons. The molecule has 2 aromatic carbocycles. The zero-order chi connectivity index (χ0) is 21.8. The van der Waals surface area contributed by atoms with E-state index in [2.05, 4.69) is 4.99 Å². The van der Waals surface area contributed by atoms with Crippen LogP contribution in [0.2, 0.25) is 0 Å². The first-order chi connectivity index (χ1) is 15.1. The van der Waals surface area contributed by atoms with Crippen molar-refractivity contribution < 1.29 is 28.5 Å². The van der Waals surface area contributed by atoms with Gasteiger partial charge in [-0.05, 0) is 44.2 Å². The van der Waals surface area contributed by atoms with Crippen LogP contribution in [0, 0.1) is 0 Å². The molecule has 1 unspecified atom stereocenters. The summed E-state index contributed by atoms with van der Waals surface area (Å²) in [7, 11) is 0. The number of para-hydroxylation sites is 2. The van der Waals surface area contributed by atoms with Crippen molar-refractivity contribution >= 4 is 33.4 Å². The SMILES string of the molecule is CCOC(=O)Cn1c(=NC(=O)C2COc3ccccc3O2)sc2cc(OCC)ccc21. The summed E-state index contributed by atoms with van der Waals surface area (Å²) >= 11 is 1.29. The van der Waals surface area contributed by atoms with E-state index < -0.39 is 18.0 Å². The zero-order valence-electron chi connectivity index (χ0n) is 17.2. The monoisotopic (exact) mass is 442 g/mol. The fourth-order valence-corrected chi connectivity index (χ4v) is 4.25. The van der Waals surface area contributed by atoms with Gasteiger partial charge in [0.2, 0.25) is 6.10 Å². The lowest BCUT2D eigenvalue weighted by Gasteiger charge is -2.23. The number of amides is 1. The molecule has 9 heteroatoms. The summed E-state index contributed by atoms with van der Waals surface area (Å²) in [5, 5.41) is 0. The average Bonchev–Trinajstić information content (AvgIpc) is 3.09. The largest absolute Gasteiger partial charge is 0.494 e. The van der Waals surface area contributed by atoms with Crippen molar-refractivity contribution in [1.29, 1.82) is 0 Å². The summed E-state index contributed by atoms with van der Waals surface area (Å²) in [5.74, 6) is 0.909. The predicted octanol–water partition coefficient (Wildman–Crippen LogP) is 2.93. The number of thiazole rings is 1. The second-order valence-electron chi connectivity index (χ2n) is 6.65. The molecule has 0 fully saturated rings. The molecule has 0 spiro atoms. The van der Waals surface area contributed by atoms with Gasteiger partial charge in [-0.25, -0.2) is 0 Å². The Morgan fingerprint density at radius 3 is 2.74 bits per heavy atom. The highest BCUT2D eigenvalue weighted by atomic mass is 32.1. The van der Waals surface area contributed by atoms with E-state index in [0.29, 0.717) is 28.7 Å². The Bertz CT molecular complexity index is 1180. The van der Waals surface area contributed by atoms with Crippen LogP contribution in [-0.2, 0) is 20.9 Å². The third-order valence-electron chi connectivity index (χ3n) is 4.55. The molecule has 0 saturated carbocycles. The summed E-state index contributed by atoms with van der Waals surface area (Å²) < 4.78 is 24.6. The third-order valence-corrected chi connectivity index (χ3v) is 5.59. The Morgan fingerprint density at radius 1 is 1.16 bits per heavy atom. The number of rotatable bonds is 6. The van der Waals surface area contributed by atoms with Gasteiger partial charge in [0.15, 0.2) is 16.3 Å². The van der Waals surface area contributed by atoms with Crippen molar-refractivity contribution in [3.8, 4) is 17.2 Å². The average molecular weight is 442 g/mol. The van der Waals surface area contributed by atoms with Crippen molar-refractivity contribution in [2.45, 2.75) is 26.5 Å². The molecule has 1 aromatic heterocycles. The van der Waals surface area contributed by atoms with Crippen molar-refractivity contribution in [3.63, 3.8) is 0 Å². The van der Waals surface area contributed by atoms with Gasteiger partial charge in [-0.1, -0.05) is 23.5 Å². The standard InChI is InChI=1S/C22H22N2O6S/c1-3-27-14-9-10-15-19(11-14)31-22(24(15)12-20(25)28-4-2)23-21(26)18-13-29-16-7-5-6-8-17(16)30-18/h5-11,18H,3-4,12-13H2,1-2H3. The van der Waals surface area contributed by atoms with Gasteiger partial charge in [0.1, 0.15) is 18.9 Å². The highest BCUT2D eigenvalue weighted by Gasteiger charge is 2.27. The van der Waals surface area contributed by atoms with Gasteiger partial charge in [-0.3, -0.25) is 9.59 Å². The number of carbonyl (C=O) groups is 2. The van der Waals surface area contributed by atoms with E-state index in [4.69, 9.17) is 18.9 Å². The van der Waals surface area contributed by atoms with E-state index in [1.54, 1.807) is 29.7 Å². The normalized spacial score (nSPS) is 15.7. The van der Waals surface area contributed by atoms with Crippen LogP contribution < -0.4 is 19.0 Å². The first kappa shape index (κ1) is 20.9. The minimum Gasteiger partial charge on any atom is -0.494 e. The van der Waals surface area contributed by atoms with Crippen molar-refractivity contribution in [3.05, 3.63) is 47.3 Å². The lowest BCUT2D eigenvalue weighted by Crippen LogP contribution is -2.37. The number of ether oxygens (including phenoxy) is 4. The second kappa shape index (κ2) is 9.22. The number of nitrogens with zero attached hydrogens (tertiary/aromatic N) is 2. The number of aromatic nitrogens is 1. The highest BCUT2D eigenvalue weighted by molar-refractivity contribution is 7.16. The maximum atomic E-state index is 12.9. The molecule has 1 aliphatic rings. The van der Waals surface area contributed by atoms with Gasteiger partial charge in [0.05, 0.1) is 23.4 Å². The molecule has 1 atom stereocenters. The van der Waals surface area contributed by atoms with Crippen molar-refractivity contribution in [1.82, 2.24) is 4.57 Å². The Labute approximate surface area is 182 Å². The molecule has 4 rings (SSSR count). The number of fused-ring (bicyclic) bond motifs is 2. The number of esters is 1. The number of hydrogen-bond acceptors (Lipinski definition) is 7. The Morgan fingerprint density at radius 2 is 1.97 bits per heavy atom. The number of carbonyl (C=O) groups excluding carboxylic acids is 2. The molecule has 2 heterocycles. The molecular weight excluding hydrogens is 420 g/mol. The fraction of sp³-hybridized carbons (Fsp3) is 0.318.